The number of hydrogen-bond donors (Lipinski definition) is 1. The van der Waals surface area contributed by atoms with Crippen molar-refractivity contribution in [2.75, 3.05) is 13.7 Å². The Morgan fingerprint density at radius 2 is 1.96 bits per heavy atom. The van der Waals surface area contributed by atoms with Crippen molar-refractivity contribution < 1.29 is 23.8 Å². The Bertz CT molecular complexity index is 895. The first-order chi connectivity index (χ1) is 13.0. The second kappa shape index (κ2) is 7.70. The molecule has 0 spiro atoms. The third-order valence-corrected chi connectivity index (χ3v) is 4.69. The number of benzene rings is 1. The van der Waals surface area contributed by atoms with Crippen LogP contribution in [0, 0.1) is 6.92 Å². The van der Waals surface area contributed by atoms with Crippen molar-refractivity contribution in [1.29, 1.82) is 0 Å². The van der Waals surface area contributed by atoms with E-state index in [0.29, 0.717) is 29.4 Å². The van der Waals surface area contributed by atoms with Crippen molar-refractivity contribution in [1.82, 2.24) is 4.90 Å². The van der Waals surface area contributed by atoms with E-state index in [4.69, 9.17) is 9.15 Å². The molecule has 1 saturated heterocycles. The summed E-state index contributed by atoms with van der Waals surface area (Å²) in [6.45, 7) is 4.22. The molecule has 1 aromatic carbocycles. The lowest BCUT2D eigenvalue weighted by Gasteiger charge is -2.23. The number of ketones is 1. The Morgan fingerprint density at radius 3 is 2.59 bits per heavy atom. The number of nitrogens with zero attached hydrogens (tertiary/aromatic N) is 1. The summed E-state index contributed by atoms with van der Waals surface area (Å²) in [5.41, 5.74) is 0.386. The summed E-state index contributed by atoms with van der Waals surface area (Å²) in [5, 5.41) is 11.0. The summed E-state index contributed by atoms with van der Waals surface area (Å²) >= 11 is 0. The number of hydrogen-bond acceptors (Lipinski definition) is 5. The summed E-state index contributed by atoms with van der Waals surface area (Å²) in [6, 6.07) is 9.60. The third-order valence-electron chi connectivity index (χ3n) is 4.69. The molecule has 2 aromatic rings. The van der Waals surface area contributed by atoms with E-state index in [-0.39, 0.29) is 11.3 Å². The van der Waals surface area contributed by atoms with Gasteiger partial charge in [0.05, 0.1) is 18.2 Å². The van der Waals surface area contributed by atoms with E-state index in [1.54, 1.807) is 43.3 Å². The summed E-state index contributed by atoms with van der Waals surface area (Å²) in [5.74, 6) is -0.0527. The highest BCUT2D eigenvalue weighted by Crippen LogP contribution is 2.41. The Balaban J connectivity index is 2.18. The van der Waals surface area contributed by atoms with Crippen LogP contribution in [0.4, 0.5) is 0 Å². The maximum absolute atomic E-state index is 12.8. The first kappa shape index (κ1) is 18.8. The zero-order valence-electron chi connectivity index (χ0n) is 15.7. The Kier molecular flexibility index (Phi) is 5.35. The SMILES string of the molecule is CCCCN1C(=O)C(=O)/C(=C(\O)c2ccccc2OC)C1c1ccc(C)o1. The molecule has 0 saturated carbocycles. The van der Waals surface area contributed by atoms with E-state index in [2.05, 4.69) is 0 Å². The lowest BCUT2D eigenvalue weighted by molar-refractivity contribution is -0.140. The van der Waals surface area contributed by atoms with E-state index >= 15 is 0 Å². The fourth-order valence-electron chi connectivity index (χ4n) is 3.32. The second-order valence-corrected chi connectivity index (χ2v) is 6.49. The van der Waals surface area contributed by atoms with Gasteiger partial charge in [0.2, 0.25) is 0 Å². The number of aliphatic hydroxyl groups excluding tert-OH is 1. The molecule has 0 radical (unpaired) electrons. The van der Waals surface area contributed by atoms with E-state index in [1.165, 1.54) is 12.0 Å². The normalized spacial score (nSPS) is 18.9. The topological polar surface area (TPSA) is 80.0 Å². The molecule has 1 fully saturated rings. The quantitative estimate of drug-likeness (QED) is 0.476. The number of carbonyl (C=O) groups excluding carboxylic acids is 2. The zero-order chi connectivity index (χ0) is 19.6. The monoisotopic (exact) mass is 369 g/mol. The minimum atomic E-state index is -0.754. The van der Waals surface area contributed by atoms with Gasteiger partial charge in [0.25, 0.3) is 11.7 Å². The highest BCUT2D eigenvalue weighted by atomic mass is 16.5. The number of rotatable bonds is 6. The molecule has 27 heavy (non-hydrogen) atoms. The molecule has 1 N–H and O–H groups in total. The smallest absolute Gasteiger partial charge is 0.295 e. The molecular formula is C21H23NO5. The van der Waals surface area contributed by atoms with Crippen molar-refractivity contribution in [2.45, 2.75) is 32.7 Å². The predicted molar refractivity (Wildman–Crippen MR) is 100 cm³/mol. The van der Waals surface area contributed by atoms with Crippen LogP contribution in [0.3, 0.4) is 0 Å². The minimum absolute atomic E-state index is 0.0231. The lowest BCUT2D eigenvalue weighted by atomic mass is 9.98. The molecule has 1 aliphatic rings. The number of methoxy groups -OCH3 is 1. The summed E-state index contributed by atoms with van der Waals surface area (Å²) in [6.07, 6.45) is 1.62. The fraction of sp³-hybridized carbons (Fsp3) is 0.333. The molecule has 0 aliphatic carbocycles. The number of aryl methyl sites for hydroxylation is 1. The molecular weight excluding hydrogens is 346 g/mol. The van der Waals surface area contributed by atoms with Gasteiger partial charge in [-0.1, -0.05) is 25.5 Å². The molecule has 2 heterocycles. The molecule has 3 rings (SSSR count). The lowest BCUT2D eigenvalue weighted by Crippen LogP contribution is -2.30. The van der Waals surface area contributed by atoms with Crippen molar-refractivity contribution >= 4 is 17.4 Å². The number of amides is 1. The number of ether oxygens (including phenoxy) is 1. The van der Waals surface area contributed by atoms with Crippen LogP contribution < -0.4 is 4.74 Å². The van der Waals surface area contributed by atoms with Gasteiger partial charge in [-0.25, -0.2) is 0 Å². The molecule has 1 atom stereocenters. The van der Waals surface area contributed by atoms with Crippen LogP contribution >= 0.6 is 0 Å². The number of furan rings is 1. The number of carbonyl (C=O) groups is 2. The molecule has 1 aromatic heterocycles. The van der Waals surface area contributed by atoms with Crippen molar-refractivity contribution in [3.05, 3.63) is 59.1 Å². The standard InChI is InChI=1S/C21H23NO5/c1-4-5-12-22-18(16-11-10-13(2)27-16)17(20(24)21(22)25)19(23)14-8-6-7-9-15(14)26-3/h6-11,18,23H,4-5,12H2,1-3H3/b19-17-. The Morgan fingerprint density at radius 1 is 1.22 bits per heavy atom. The molecule has 1 aliphatic heterocycles. The van der Waals surface area contributed by atoms with Crippen LogP contribution in [0.2, 0.25) is 0 Å². The van der Waals surface area contributed by atoms with Crippen LogP contribution in [0.15, 0.2) is 46.4 Å². The first-order valence-electron chi connectivity index (χ1n) is 8.97. The molecule has 1 amide bonds. The Hall–Kier alpha value is -3.02. The van der Waals surface area contributed by atoms with Crippen molar-refractivity contribution in [3.8, 4) is 5.75 Å². The van der Waals surface area contributed by atoms with Gasteiger partial charge in [0, 0.05) is 6.54 Å². The van der Waals surface area contributed by atoms with Crippen molar-refractivity contribution in [2.24, 2.45) is 0 Å². The highest BCUT2D eigenvalue weighted by Gasteiger charge is 2.47. The van der Waals surface area contributed by atoms with Gasteiger partial charge >= 0.3 is 0 Å². The van der Waals surface area contributed by atoms with E-state index < -0.39 is 17.7 Å². The molecule has 6 nitrogen and oxygen atoms in total. The zero-order valence-corrected chi connectivity index (χ0v) is 15.7. The van der Waals surface area contributed by atoms with E-state index in [9.17, 15) is 14.7 Å². The molecule has 0 bridgehead atoms. The number of para-hydroxylation sites is 1. The fourth-order valence-corrected chi connectivity index (χ4v) is 3.32. The van der Waals surface area contributed by atoms with Gasteiger partial charge in [-0.05, 0) is 37.6 Å². The van der Waals surface area contributed by atoms with Crippen molar-refractivity contribution in [3.63, 3.8) is 0 Å². The van der Waals surface area contributed by atoms with Crippen LogP contribution in [0.1, 0.15) is 42.9 Å². The number of Topliss-reactive ketones (excluding diaryl/α,β-unsaturated/α-hetero) is 1. The second-order valence-electron chi connectivity index (χ2n) is 6.49. The van der Waals surface area contributed by atoms with Crippen LogP contribution in [0.25, 0.3) is 5.76 Å². The first-order valence-corrected chi connectivity index (χ1v) is 8.97. The largest absolute Gasteiger partial charge is 0.507 e. The Labute approximate surface area is 158 Å². The van der Waals surface area contributed by atoms with Gasteiger partial charge < -0.3 is 19.2 Å². The molecule has 1 unspecified atom stereocenters. The average Bonchev–Trinajstić information content (AvgIpc) is 3.21. The van der Waals surface area contributed by atoms with Gasteiger partial charge in [-0.3, -0.25) is 9.59 Å². The van der Waals surface area contributed by atoms with Crippen LogP contribution in [0.5, 0.6) is 5.75 Å². The van der Waals surface area contributed by atoms with Crippen LogP contribution in [-0.4, -0.2) is 35.4 Å². The maximum Gasteiger partial charge on any atom is 0.295 e. The van der Waals surface area contributed by atoms with Gasteiger partial charge in [-0.15, -0.1) is 0 Å². The number of unbranched alkanes of at least 4 members (excludes halogenated alkanes) is 1. The van der Waals surface area contributed by atoms with Gasteiger partial charge in [-0.2, -0.15) is 0 Å². The summed E-state index contributed by atoms with van der Waals surface area (Å²) < 4.78 is 11.0. The molecule has 142 valence electrons. The summed E-state index contributed by atoms with van der Waals surface area (Å²) in [7, 11) is 1.49. The molecule has 6 heteroatoms. The third kappa shape index (κ3) is 3.35. The maximum atomic E-state index is 12.8. The van der Waals surface area contributed by atoms with Gasteiger partial charge in [0.15, 0.2) is 0 Å². The predicted octanol–water partition coefficient (Wildman–Crippen LogP) is 3.82. The highest BCUT2D eigenvalue weighted by molar-refractivity contribution is 6.46. The number of aliphatic hydroxyl groups is 1. The van der Waals surface area contributed by atoms with E-state index in [0.717, 1.165) is 12.8 Å². The summed E-state index contributed by atoms with van der Waals surface area (Å²) in [4.78, 5) is 26.9. The minimum Gasteiger partial charge on any atom is -0.507 e. The van der Waals surface area contributed by atoms with E-state index in [1.807, 2.05) is 6.92 Å². The van der Waals surface area contributed by atoms with Crippen LogP contribution in [-0.2, 0) is 9.59 Å². The van der Waals surface area contributed by atoms with Gasteiger partial charge in [0.1, 0.15) is 29.1 Å². The average molecular weight is 369 g/mol. The number of likely N-dealkylation sites (tertiary alicyclic amines) is 1.